The molecule has 1 aromatic heterocycles. The second-order valence-electron chi connectivity index (χ2n) is 5.91. The van der Waals surface area contributed by atoms with Gasteiger partial charge in [0.05, 0.1) is 5.69 Å². The molecular weight excluding hydrogens is 224 g/mol. The Labute approximate surface area is 109 Å². The number of hydrogen-bond donors (Lipinski definition) is 1. The van der Waals surface area contributed by atoms with Crippen molar-refractivity contribution in [2.45, 2.75) is 33.1 Å². The smallest absolute Gasteiger partial charge is 0.154 e. The fraction of sp³-hybridized carbons (Fsp3) is 0.714. The Hall–Kier alpha value is -1.16. The van der Waals surface area contributed by atoms with Crippen molar-refractivity contribution in [3.8, 4) is 0 Å². The molecule has 2 fully saturated rings. The van der Waals surface area contributed by atoms with Crippen LogP contribution in [-0.2, 0) is 0 Å². The van der Waals surface area contributed by atoms with Gasteiger partial charge in [-0.15, -0.1) is 5.10 Å². The molecule has 3 rings (SSSR count). The fourth-order valence-electron chi connectivity index (χ4n) is 3.41. The Morgan fingerprint density at radius 1 is 1.17 bits per heavy atom. The molecule has 0 unspecified atom stereocenters. The van der Waals surface area contributed by atoms with Crippen LogP contribution in [0.5, 0.6) is 0 Å². The highest BCUT2D eigenvalue weighted by atomic mass is 15.3. The third-order valence-corrected chi connectivity index (χ3v) is 4.48. The Bertz CT molecular complexity index is 437. The number of aryl methyl sites for hydroxylation is 2. The van der Waals surface area contributed by atoms with Gasteiger partial charge in [0.2, 0.25) is 0 Å². The minimum absolute atomic E-state index is 0.532. The maximum Gasteiger partial charge on any atom is 0.154 e. The van der Waals surface area contributed by atoms with Crippen molar-refractivity contribution in [3.63, 3.8) is 0 Å². The lowest BCUT2D eigenvalue weighted by Gasteiger charge is -2.33. The summed E-state index contributed by atoms with van der Waals surface area (Å²) in [6.07, 6.45) is 3.92. The topological polar surface area (TPSA) is 41.0 Å². The first-order valence-corrected chi connectivity index (χ1v) is 6.95. The van der Waals surface area contributed by atoms with Gasteiger partial charge in [-0.3, -0.25) is 0 Å². The van der Waals surface area contributed by atoms with E-state index in [9.17, 15) is 0 Å². The first kappa shape index (κ1) is 11.9. The Balaban J connectivity index is 1.78. The molecule has 18 heavy (non-hydrogen) atoms. The molecule has 0 amide bonds. The van der Waals surface area contributed by atoms with E-state index >= 15 is 0 Å². The van der Waals surface area contributed by atoms with E-state index in [4.69, 9.17) is 0 Å². The van der Waals surface area contributed by atoms with Crippen LogP contribution in [0.2, 0.25) is 0 Å². The van der Waals surface area contributed by atoms with Gasteiger partial charge in [0.25, 0.3) is 0 Å². The molecule has 98 valence electrons. The number of hydrogen-bond acceptors (Lipinski definition) is 4. The number of rotatable bonds is 1. The summed E-state index contributed by atoms with van der Waals surface area (Å²) in [5.41, 5.74) is 2.80. The van der Waals surface area contributed by atoms with Crippen LogP contribution >= 0.6 is 0 Å². The van der Waals surface area contributed by atoms with Crippen molar-refractivity contribution >= 4 is 5.82 Å². The van der Waals surface area contributed by atoms with Crippen LogP contribution in [0.1, 0.15) is 30.5 Å². The highest BCUT2D eigenvalue weighted by Crippen LogP contribution is 2.40. The molecule has 0 saturated carbocycles. The number of aromatic nitrogens is 2. The van der Waals surface area contributed by atoms with E-state index in [-0.39, 0.29) is 0 Å². The highest BCUT2D eigenvalue weighted by molar-refractivity contribution is 5.47. The largest absolute Gasteiger partial charge is 0.354 e. The lowest BCUT2D eigenvalue weighted by molar-refractivity contribution is 0.232. The average molecular weight is 246 g/mol. The predicted molar refractivity (Wildman–Crippen MR) is 72.9 cm³/mol. The van der Waals surface area contributed by atoms with Gasteiger partial charge < -0.3 is 10.2 Å². The summed E-state index contributed by atoms with van der Waals surface area (Å²) in [5.74, 6) is 1.09. The van der Waals surface area contributed by atoms with Crippen molar-refractivity contribution in [2.24, 2.45) is 5.41 Å². The number of piperidine rings is 1. The minimum Gasteiger partial charge on any atom is -0.354 e. The molecule has 2 aliphatic heterocycles. The van der Waals surface area contributed by atoms with Crippen LogP contribution in [0, 0.1) is 19.3 Å². The second-order valence-corrected chi connectivity index (χ2v) is 5.91. The Kier molecular flexibility index (Phi) is 2.98. The third kappa shape index (κ3) is 2.09. The van der Waals surface area contributed by atoms with E-state index in [1.165, 1.54) is 37.9 Å². The fourth-order valence-corrected chi connectivity index (χ4v) is 3.41. The number of nitrogens with zero attached hydrogens (tertiary/aromatic N) is 3. The third-order valence-electron chi connectivity index (χ3n) is 4.48. The lowest BCUT2D eigenvalue weighted by Crippen LogP contribution is -2.38. The molecule has 0 atom stereocenters. The molecule has 1 aromatic rings. The first-order chi connectivity index (χ1) is 8.69. The second kappa shape index (κ2) is 4.50. The Morgan fingerprint density at radius 2 is 1.94 bits per heavy atom. The maximum absolute atomic E-state index is 4.40. The molecule has 0 aliphatic carbocycles. The zero-order valence-corrected chi connectivity index (χ0v) is 11.4. The maximum atomic E-state index is 4.40. The van der Waals surface area contributed by atoms with E-state index in [2.05, 4.69) is 33.4 Å². The minimum atomic E-state index is 0.532. The molecule has 2 saturated heterocycles. The van der Waals surface area contributed by atoms with Crippen molar-refractivity contribution in [3.05, 3.63) is 17.3 Å². The average Bonchev–Trinajstić information content (AvgIpc) is 2.74. The lowest BCUT2D eigenvalue weighted by atomic mass is 9.78. The summed E-state index contributed by atoms with van der Waals surface area (Å²) >= 11 is 0. The van der Waals surface area contributed by atoms with Crippen LogP contribution < -0.4 is 10.2 Å². The van der Waals surface area contributed by atoms with Crippen LogP contribution in [0.15, 0.2) is 6.07 Å². The molecular formula is C14H22N4. The molecule has 4 heteroatoms. The van der Waals surface area contributed by atoms with Crippen LogP contribution in [0.25, 0.3) is 0 Å². The summed E-state index contributed by atoms with van der Waals surface area (Å²) in [7, 11) is 0. The standard InChI is InChI=1S/C14H22N4/c1-11-9-12(2)16-17-13(11)18-8-5-14(10-18)3-6-15-7-4-14/h9,15H,3-8,10H2,1-2H3. The summed E-state index contributed by atoms with van der Waals surface area (Å²) in [5, 5.41) is 12.1. The SMILES string of the molecule is Cc1cc(C)c(N2CCC3(CCNCC3)C2)nn1. The van der Waals surface area contributed by atoms with E-state index < -0.39 is 0 Å². The van der Waals surface area contributed by atoms with Gasteiger partial charge in [-0.1, -0.05) is 0 Å². The van der Waals surface area contributed by atoms with E-state index in [0.29, 0.717) is 5.41 Å². The van der Waals surface area contributed by atoms with Gasteiger partial charge in [0, 0.05) is 13.1 Å². The first-order valence-electron chi connectivity index (χ1n) is 6.95. The van der Waals surface area contributed by atoms with Crippen LogP contribution in [0.4, 0.5) is 5.82 Å². The highest BCUT2D eigenvalue weighted by Gasteiger charge is 2.39. The van der Waals surface area contributed by atoms with Gasteiger partial charge in [-0.2, -0.15) is 5.10 Å². The Morgan fingerprint density at radius 3 is 2.67 bits per heavy atom. The molecule has 0 bridgehead atoms. The van der Waals surface area contributed by atoms with Gasteiger partial charge >= 0.3 is 0 Å². The molecule has 0 aromatic carbocycles. The van der Waals surface area contributed by atoms with Crippen molar-refractivity contribution in [2.75, 3.05) is 31.1 Å². The molecule has 0 radical (unpaired) electrons. The summed E-state index contributed by atoms with van der Waals surface area (Å²) in [6, 6.07) is 2.13. The molecule has 4 nitrogen and oxygen atoms in total. The van der Waals surface area contributed by atoms with E-state index in [1.807, 2.05) is 6.92 Å². The number of anilines is 1. The van der Waals surface area contributed by atoms with Gasteiger partial charge in [0.15, 0.2) is 5.82 Å². The summed E-state index contributed by atoms with van der Waals surface area (Å²) in [6.45, 7) is 8.79. The van der Waals surface area contributed by atoms with E-state index in [0.717, 1.165) is 24.6 Å². The van der Waals surface area contributed by atoms with Gasteiger partial charge in [-0.25, -0.2) is 0 Å². The quantitative estimate of drug-likeness (QED) is 0.818. The predicted octanol–water partition coefficient (Wildman–Crippen LogP) is 1.67. The summed E-state index contributed by atoms with van der Waals surface area (Å²) < 4.78 is 0. The summed E-state index contributed by atoms with van der Waals surface area (Å²) in [4.78, 5) is 2.44. The van der Waals surface area contributed by atoms with Crippen LogP contribution in [0.3, 0.4) is 0 Å². The number of nitrogens with one attached hydrogen (secondary N) is 1. The van der Waals surface area contributed by atoms with Gasteiger partial charge in [-0.05, 0) is 63.2 Å². The van der Waals surface area contributed by atoms with Gasteiger partial charge in [0.1, 0.15) is 0 Å². The normalized spacial score (nSPS) is 22.7. The zero-order chi connectivity index (χ0) is 12.6. The van der Waals surface area contributed by atoms with Crippen molar-refractivity contribution in [1.82, 2.24) is 15.5 Å². The molecule has 3 heterocycles. The monoisotopic (exact) mass is 246 g/mol. The molecule has 1 spiro atoms. The molecule has 2 aliphatic rings. The zero-order valence-electron chi connectivity index (χ0n) is 11.4. The van der Waals surface area contributed by atoms with Crippen LogP contribution in [-0.4, -0.2) is 36.4 Å². The van der Waals surface area contributed by atoms with E-state index in [1.54, 1.807) is 0 Å². The molecule has 1 N–H and O–H groups in total. The van der Waals surface area contributed by atoms with Crippen molar-refractivity contribution in [1.29, 1.82) is 0 Å². The van der Waals surface area contributed by atoms with Crippen molar-refractivity contribution < 1.29 is 0 Å².